The molecule has 2 nitrogen and oxygen atoms in total. The van der Waals surface area contributed by atoms with Gasteiger partial charge in [-0.2, -0.15) is 0 Å². The largest absolute Gasteiger partial charge is 0.368 e. The van der Waals surface area contributed by atoms with E-state index in [1.54, 1.807) is 11.1 Å². The molecule has 0 spiro atoms. The maximum atomic E-state index is 3.71. The molecule has 116 valence electrons. The van der Waals surface area contributed by atoms with Gasteiger partial charge in [0, 0.05) is 24.3 Å². The maximum Gasteiger partial charge on any atom is 0.0403 e. The molecule has 1 fully saturated rings. The molecule has 2 atom stereocenters. The molecule has 0 amide bonds. The third-order valence-electron chi connectivity index (χ3n) is 5.24. The Labute approximate surface area is 129 Å². The van der Waals surface area contributed by atoms with E-state index in [2.05, 4.69) is 42.3 Å². The lowest BCUT2D eigenvalue weighted by atomic mass is 9.88. The van der Waals surface area contributed by atoms with Gasteiger partial charge in [-0.05, 0) is 75.6 Å². The van der Waals surface area contributed by atoms with Gasteiger partial charge in [0.25, 0.3) is 0 Å². The molecule has 1 aromatic carbocycles. The average Bonchev–Trinajstić information content (AvgIpc) is 2.53. The lowest BCUT2D eigenvalue weighted by Crippen LogP contribution is -2.48. The Hall–Kier alpha value is -1.02. The highest BCUT2D eigenvalue weighted by atomic mass is 15.2. The van der Waals surface area contributed by atoms with Gasteiger partial charge in [-0.3, -0.25) is 0 Å². The van der Waals surface area contributed by atoms with Crippen molar-refractivity contribution >= 4 is 5.69 Å². The predicted molar refractivity (Wildman–Crippen MR) is 91.2 cm³/mol. The molecule has 0 radical (unpaired) electrons. The molecule has 0 saturated carbocycles. The van der Waals surface area contributed by atoms with Gasteiger partial charge in [-0.15, -0.1) is 0 Å². The Bertz CT molecular complexity index is 469. The van der Waals surface area contributed by atoms with E-state index in [1.807, 2.05) is 0 Å². The first-order chi connectivity index (χ1) is 10.3. The Morgan fingerprint density at radius 2 is 2.10 bits per heavy atom. The van der Waals surface area contributed by atoms with Crippen LogP contribution in [0.25, 0.3) is 0 Å². The fraction of sp³-hybridized carbons (Fsp3) is 0.684. The van der Waals surface area contributed by atoms with E-state index in [1.165, 1.54) is 57.2 Å². The quantitative estimate of drug-likeness (QED) is 0.902. The maximum absolute atomic E-state index is 3.71. The third kappa shape index (κ3) is 3.26. The van der Waals surface area contributed by atoms with Crippen molar-refractivity contribution < 1.29 is 0 Å². The SMILES string of the molecule is CCCNC1CCN(c2cccc3c2CCCC3)C(C)C1. The highest BCUT2D eigenvalue weighted by molar-refractivity contribution is 5.58. The summed E-state index contributed by atoms with van der Waals surface area (Å²) in [5.41, 5.74) is 4.79. The van der Waals surface area contributed by atoms with Crippen molar-refractivity contribution in [3.63, 3.8) is 0 Å². The normalized spacial score (nSPS) is 25.7. The fourth-order valence-electron chi connectivity index (χ4n) is 4.09. The van der Waals surface area contributed by atoms with Gasteiger partial charge in [-0.25, -0.2) is 0 Å². The van der Waals surface area contributed by atoms with Gasteiger partial charge in [0.15, 0.2) is 0 Å². The summed E-state index contributed by atoms with van der Waals surface area (Å²) in [6.07, 6.45) is 9.11. The molecule has 0 bridgehead atoms. The summed E-state index contributed by atoms with van der Waals surface area (Å²) in [6, 6.07) is 8.35. The fourth-order valence-corrected chi connectivity index (χ4v) is 4.09. The Balaban J connectivity index is 1.73. The van der Waals surface area contributed by atoms with Crippen LogP contribution in [0, 0.1) is 0 Å². The van der Waals surface area contributed by atoms with Crippen molar-refractivity contribution in [2.45, 2.75) is 70.9 Å². The summed E-state index contributed by atoms with van der Waals surface area (Å²) in [6.45, 7) is 7.03. The molecule has 1 heterocycles. The molecule has 2 unspecified atom stereocenters. The summed E-state index contributed by atoms with van der Waals surface area (Å²) >= 11 is 0. The zero-order chi connectivity index (χ0) is 14.7. The first kappa shape index (κ1) is 14.9. The molecular formula is C19H30N2. The number of anilines is 1. The van der Waals surface area contributed by atoms with Crippen LogP contribution in [-0.2, 0) is 12.8 Å². The van der Waals surface area contributed by atoms with Crippen molar-refractivity contribution in [3.8, 4) is 0 Å². The number of piperidine rings is 1. The van der Waals surface area contributed by atoms with Crippen LogP contribution in [0.2, 0.25) is 0 Å². The number of aryl methyl sites for hydroxylation is 1. The number of benzene rings is 1. The number of nitrogens with one attached hydrogen (secondary N) is 1. The van der Waals surface area contributed by atoms with Crippen LogP contribution in [0.15, 0.2) is 18.2 Å². The van der Waals surface area contributed by atoms with Gasteiger partial charge < -0.3 is 10.2 Å². The summed E-state index contributed by atoms with van der Waals surface area (Å²) in [4.78, 5) is 2.67. The highest BCUT2D eigenvalue weighted by Crippen LogP contribution is 2.33. The van der Waals surface area contributed by atoms with Crippen LogP contribution in [0.1, 0.15) is 57.1 Å². The molecule has 1 saturated heterocycles. The van der Waals surface area contributed by atoms with E-state index in [0.29, 0.717) is 6.04 Å². The van der Waals surface area contributed by atoms with Crippen molar-refractivity contribution in [3.05, 3.63) is 29.3 Å². The van der Waals surface area contributed by atoms with Gasteiger partial charge in [0.1, 0.15) is 0 Å². The lowest BCUT2D eigenvalue weighted by molar-refractivity contribution is 0.368. The number of hydrogen-bond acceptors (Lipinski definition) is 2. The molecular weight excluding hydrogens is 256 g/mol. The standard InChI is InChI=1S/C19H30N2/c1-3-12-20-17-11-13-21(15(2)14-17)19-10-6-8-16-7-4-5-9-18(16)19/h6,8,10,15,17,20H,3-5,7,9,11-14H2,1-2H3. The Kier molecular flexibility index (Phi) is 4.84. The van der Waals surface area contributed by atoms with Gasteiger partial charge in [0.2, 0.25) is 0 Å². The highest BCUT2D eigenvalue weighted by Gasteiger charge is 2.27. The Morgan fingerprint density at radius 3 is 2.90 bits per heavy atom. The molecule has 1 aliphatic carbocycles. The topological polar surface area (TPSA) is 15.3 Å². The van der Waals surface area contributed by atoms with Crippen molar-refractivity contribution in [1.29, 1.82) is 0 Å². The zero-order valence-electron chi connectivity index (χ0n) is 13.7. The lowest BCUT2D eigenvalue weighted by Gasteiger charge is -2.41. The molecule has 1 aliphatic heterocycles. The van der Waals surface area contributed by atoms with E-state index in [-0.39, 0.29) is 0 Å². The molecule has 2 aliphatic rings. The number of hydrogen-bond donors (Lipinski definition) is 1. The zero-order valence-corrected chi connectivity index (χ0v) is 13.7. The minimum atomic E-state index is 0.654. The van der Waals surface area contributed by atoms with E-state index < -0.39 is 0 Å². The van der Waals surface area contributed by atoms with Gasteiger partial charge in [-0.1, -0.05) is 19.1 Å². The van der Waals surface area contributed by atoms with Gasteiger partial charge >= 0.3 is 0 Å². The van der Waals surface area contributed by atoms with Crippen molar-refractivity contribution in [2.75, 3.05) is 18.0 Å². The summed E-state index contributed by atoms with van der Waals surface area (Å²) < 4.78 is 0. The molecule has 3 rings (SSSR count). The first-order valence-corrected chi connectivity index (χ1v) is 8.90. The molecule has 1 N–H and O–H groups in total. The molecule has 1 aromatic rings. The molecule has 21 heavy (non-hydrogen) atoms. The van der Waals surface area contributed by atoms with Crippen LogP contribution in [0.5, 0.6) is 0 Å². The smallest absolute Gasteiger partial charge is 0.0403 e. The van der Waals surface area contributed by atoms with E-state index in [0.717, 1.165) is 12.6 Å². The van der Waals surface area contributed by atoms with Crippen LogP contribution >= 0.6 is 0 Å². The van der Waals surface area contributed by atoms with E-state index in [9.17, 15) is 0 Å². The average molecular weight is 286 g/mol. The monoisotopic (exact) mass is 286 g/mol. The second-order valence-corrected chi connectivity index (χ2v) is 6.84. The number of rotatable bonds is 4. The Morgan fingerprint density at radius 1 is 1.24 bits per heavy atom. The number of nitrogens with zero attached hydrogens (tertiary/aromatic N) is 1. The molecule has 2 heteroatoms. The van der Waals surface area contributed by atoms with Crippen LogP contribution in [0.3, 0.4) is 0 Å². The second-order valence-electron chi connectivity index (χ2n) is 6.84. The van der Waals surface area contributed by atoms with E-state index in [4.69, 9.17) is 0 Å². The summed E-state index contributed by atoms with van der Waals surface area (Å²) in [5, 5.41) is 3.71. The van der Waals surface area contributed by atoms with Crippen LogP contribution in [0.4, 0.5) is 5.69 Å². The summed E-state index contributed by atoms with van der Waals surface area (Å²) in [7, 11) is 0. The minimum Gasteiger partial charge on any atom is -0.368 e. The number of fused-ring (bicyclic) bond motifs is 1. The summed E-state index contributed by atoms with van der Waals surface area (Å²) in [5.74, 6) is 0. The minimum absolute atomic E-state index is 0.654. The second kappa shape index (κ2) is 6.83. The van der Waals surface area contributed by atoms with Crippen molar-refractivity contribution in [2.24, 2.45) is 0 Å². The predicted octanol–water partition coefficient (Wildman–Crippen LogP) is 3.92. The molecule has 0 aromatic heterocycles. The van der Waals surface area contributed by atoms with Crippen molar-refractivity contribution in [1.82, 2.24) is 5.32 Å². The van der Waals surface area contributed by atoms with E-state index >= 15 is 0 Å². The van der Waals surface area contributed by atoms with Crippen LogP contribution in [-0.4, -0.2) is 25.2 Å². The van der Waals surface area contributed by atoms with Crippen LogP contribution < -0.4 is 10.2 Å². The third-order valence-corrected chi connectivity index (χ3v) is 5.24. The first-order valence-electron chi connectivity index (χ1n) is 8.90. The van der Waals surface area contributed by atoms with Gasteiger partial charge in [0.05, 0.1) is 0 Å².